The number of carbonyl (C=O) groups is 1. The predicted molar refractivity (Wildman–Crippen MR) is 90.9 cm³/mol. The SMILES string of the molecule is CC(=O)N1c2ccccc2C(Nc2ccc(N)cc2)CC1C. The fourth-order valence-electron chi connectivity index (χ4n) is 3.21. The largest absolute Gasteiger partial charge is 0.399 e. The molecule has 1 aliphatic rings. The van der Waals surface area contributed by atoms with Crippen LogP contribution in [0, 0.1) is 0 Å². The van der Waals surface area contributed by atoms with Gasteiger partial charge in [-0.2, -0.15) is 0 Å². The molecule has 0 aromatic heterocycles. The lowest BCUT2D eigenvalue weighted by molar-refractivity contribution is -0.117. The van der Waals surface area contributed by atoms with Crippen LogP contribution in [0.15, 0.2) is 48.5 Å². The molecule has 0 saturated heterocycles. The van der Waals surface area contributed by atoms with Gasteiger partial charge in [0.25, 0.3) is 0 Å². The number of hydrogen-bond acceptors (Lipinski definition) is 3. The molecule has 0 saturated carbocycles. The summed E-state index contributed by atoms with van der Waals surface area (Å²) < 4.78 is 0. The number of anilines is 3. The lowest BCUT2D eigenvalue weighted by Crippen LogP contribution is -2.43. The molecule has 1 amide bonds. The molecular formula is C18H21N3O. The molecule has 2 atom stereocenters. The molecule has 4 heteroatoms. The van der Waals surface area contributed by atoms with Crippen molar-refractivity contribution in [3.05, 3.63) is 54.1 Å². The number of fused-ring (bicyclic) bond motifs is 1. The van der Waals surface area contributed by atoms with Gasteiger partial charge in [-0.05, 0) is 49.2 Å². The fraction of sp³-hybridized carbons (Fsp3) is 0.278. The third kappa shape index (κ3) is 2.64. The molecule has 0 spiro atoms. The molecule has 3 rings (SSSR count). The Labute approximate surface area is 130 Å². The van der Waals surface area contributed by atoms with E-state index in [0.29, 0.717) is 0 Å². The number of benzene rings is 2. The highest BCUT2D eigenvalue weighted by atomic mass is 16.2. The molecule has 0 bridgehead atoms. The zero-order valence-corrected chi connectivity index (χ0v) is 12.9. The van der Waals surface area contributed by atoms with Gasteiger partial charge in [-0.25, -0.2) is 0 Å². The van der Waals surface area contributed by atoms with Crippen LogP contribution in [0.1, 0.15) is 31.9 Å². The average molecular weight is 295 g/mol. The minimum Gasteiger partial charge on any atom is -0.399 e. The number of hydrogen-bond donors (Lipinski definition) is 2. The minimum atomic E-state index is 0.0888. The van der Waals surface area contributed by atoms with Gasteiger partial charge < -0.3 is 16.0 Å². The molecule has 22 heavy (non-hydrogen) atoms. The molecular weight excluding hydrogens is 274 g/mol. The minimum absolute atomic E-state index is 0.0888. The van der Waals surface area contributed by atoms with Crippen LogP contribution in [0.25, 0.3) is 0 Å². The number of carbonyl (C=O) groups excluding carboxylic acids is 1. The number of nitrogen functional groups attached to an aromatic ring is 1. The van der Waals surface area contributed by atoms with Crippen LogP contribution in [0.5, 0.6) is 0 Å². The first-order valence-electron chi connectivity index (χ1n) is 7.57. The number of nitrogens with one attached hydrogen (secondary N) is 1. The summed E-state index contributed by atoms with van der Waals surface area (Å²) in [6.07, 6.45) is 0.876. The summed E-state index contributed by atoms with van der Waals surface area (Å²) in [6, 6.07) is 16.2. The van der Waals surface area contributed by atoms with Gasteiger partial charge in [-0.3, -0.25) is 4.79 Å². The first-order valence-corrected chi connectivity index (χ1v) is 7.57. The molecule has 3 N–H and O–H groups in total. The third-order valence-corrected chi connectivity index (χ3v) is 4.18. The summed E-state index contributed by atoms with van der Waals surface area (Å²) in [5.41, 5.74) is 9.69. The van der Waals surface area contributed by atoms with Crippen molar-refractivity contribution in [2.45, 2.75) is 32.4 Å². The van der Waals surface area contributed by atoms with Gasteiger partial charge >= 0.3 is 0 Å². The quantitative estimate of drug-likeness (QED) is 0.833. The van der Waals surface area contributed by atoms with Crippen molar-refractivity contribution in [1.82, 2.24) is 0 Å². The molecule has 1 heterocycles. The molecule has 2 aromatic carbocycles. The summed E-state index contributed by atoms with van der Waals surface area (Å²) in [5.74, 6) is 0.0888. The zero-order chi connectivity index (χ0) is 15.7. The van der Waals surface area contributed by atoms with Gasteiger partial charge in [0, 0.05) is 30.0 Å². The summed E-state index contributed by atoms with van der Waals surface area (Å²) >= 11 is 0. The Bertz CT molecular complexity index is 681. The van der Waals surface area contributed by atoms with Crippen molar-refractivity contribution in [3.63, 3.8) is 0 Å². The van der Waals surface area contributed by atoms with Crippen LogP contribution in [0.4, 0.5) is 17.1 Å². The molecule has 1 aliphatic heterocycles. The number of rotatable bonds is 2. The summed E-state index contributed by atoms with van der Waals surface area (Å²) in [7, 11) is 0. The van der Waals surface area contributed by atoms with E-state index in [2.05, 4.69) is 18.3 Å². The van der Waals surface area contributed by atoms with E-state index in [4.69, 9.17) is 5.73 Å². The van der Waals surface area contributed by atoms with E-state index in [-0.39, 0.29) is 18.0 Å². The summed E-state index contributed by atoms with van der Waals surface area (Å²) in [6.45, 7) is 3.72. The average Bonchev–Trinajstić information content (AvgIpc) is 2.49. The Morgan fingerprint density at radius 2 is 1.86 bits per heavy atom. The molecule has 2 aromatic rings. The van der Waals surface area contributed by atoms with Gasteiger partial charge in [0.1, 0.15) is 0 Å². The lowest BCUT2D eigenvalue weighted by atomic mass is 9.91. The monoisotopic (exact) mass is 295 g/mol. The topological polar surface area (TPSA) is 58.4 Å². The Morgan fingerprint density at radius 1 is 1.18 bits per heavy atom. The van der Waals surface area contributed by atoms with Crippen molar-refractivity contribution in [2.24, 2.45) is 0 Å². The molecule has 2 unspecified atom stereocenters. The van der Waals surface area contributed by atoms with Crippen molar-refractivity contribution >= 4 is 23.0 Å². The maximum Gasteiger partial charge on any atom is 0.224 e. The van der Waals surface area contributed by atoms with Crippen molar-refractivity contribution in [2.75, 3.05) is 16.0 Å². The number of nitrogens with two attached hydrogens (primary N) is 1. The smallest absolute Gasteiger partial charge is 0.224 e. The van der Waals surface area contributed by atoms with Gasteiger partial charge in [0.05, 0.1) is 6.04 Å². The van der Waals surface area contributed by atoms with Crippen LogP contribution >= 0.6 is 0 Å². The molecule has 0 radical (unpaired) electrons. The number of amides is 1. The first kappa shape index (κ1) is 14.4. The molecule has 0 aliphatic carbocycles. The maximum absolute atomic E-state index is 12.0. The van der Waals surface area contributed by atoms with E-state index in [1.165, 1.54) is 0 Å². The van der Waals surface area contributed by atoms with Crippen LogP contribution in [0.2, 0.25) is 0 Å². The Balaban J connectivity index is 1.94. The highest BCUT2D eigenvalue weighted by Crippen LogP contribution is 2.38. The van der Waals surface area contributed by atoms with Crippen LogP contribution in [0.3, 0.4) is 0 Å². The van der Waals surface area contributed by atoms with Crippen molar-refractivity contribution < 1.29 is 4.79 Å². The predicted octanol–water partition coefficient (Wildman–Crippen LogP) is 3.57. The van der Waals surface area contributed by atoms with Crippen molar-refractivity contribution in [3.8, 4) is 0 Å². The van der Waals surface area contributed by atoms with Gasteiger partial charge in [-0.1, -0.05) is 18.2 Å². The fourth-order valence-corrected chi connectivity index (χ4v) is 3.21. The molecule has 4 nitrogen and oxygen atoms in total. The van der Waals surface area contributed by atoms with Gasteiger partial charge in [0.15, 0.2) is 0 Å². The lowest BCUT2D eigenvalue weighted by Gasteiger charge is -2.39. The highest BCUT2D eigenvalue weighted by Gasteiger charge is 2.31. The van der Waals surface area contributed by atoms with Crippen molar-refractivity contribution in [1.29, 1.82) is 0 Å². The number of para-hydroxylation sites is 1. The molecule has 114 valence electrons. The Morgan fingerprint density at radius 3 is 2.55 bits per heavy atom. The van der Waals surface area contributed by atoms with E-state index in [1.807, 2.05) is 47.4 Å². The van der Waals surface area contributed by atoms with E-state index in [0.717, 1.165) is 29.0 Å². The summed E-state index contributed by atoms with van der Waals surface area (Å²) in [4.78, 5) is 13.9. The van der Waals surface area contributed by atoms with Crippen LogP contribution in [-0.4, -0.2) is 11.9 Å². The molecule has 0 fully saturated rings. The zero-order valence-electron chi connectivity index (χ0n) is 12.9. The van der Waals surface area contributed by atoms with E-state index < -0.39 is 0 Å². The summed E-state index contributed by atoms with van der Waals surface area (Å²) in [5, 5.41) is 3.56. The first-order chi connectivity index (χ1) is 10.6. The van der Waals surface area contributed by atoms with Crippen LogP contribution in [-0.2, 0) is 4.79 Å². The van der Waals surface area contributed by atoms with Gasteiger partial charge in [-0.15, -0.1) is 0 Å². The highest BCUT2D eigenvalue weighted by molar-refractivity contribution is 5.93. The maximum atomic E-state index is 12.0. The third-order valence-electron chi connectivity index (χ3n) is 4.18. The van der Waals surface area contributed by atoms with E-state index in [1.54, 1.807) is 6.92 Å². The normalized spacial score (nSPS) is 20.4. The van der Waals surface area contributed by atoms with E-state index in [9.17, 15) is 4.79 Å². The second-order valence-electron chi connectivity index (χ2n) is 5.85. The second kappa shape index (κ2) is 5.72. The standard InChI is InChI=1S/C18H21N3O/c1-12-11-17(20-15-9-7-14(19)8-10-15)16-5-3-4-6-18(16)21(12)13(2)22/h3-10,12,17,20H,11,19H2,1-2H3. The Hall–Kier alpha value is -2.49. The Kier molecular flexibility index (Phi) is 3.75. The number of nitrogens with zero attached hydrogens (tertiary/aromatic N) is 1. The van der Waals surface area contributed by atoms with Gasteiger partial charge in [0.2, 0.25) is 5.91 Å². The van der Waals surface area contributed by atoms with E-state index >= 15 is 0 Å². The van der Waals surface area contributed by atoms with Crippen LogP contribution < -0.4 is 16.0 Å². The second-order valence-corrected chi connectivity index (χ2v) is 5.85.